The van der Waals surface area contributed by atoms with Crippen LogP contribution in [-0.2, 0) is 9.53 Å². The summed E-state index contributed by atoms with van der Waals surface area (Å²) in [6.45, 7) is 6.57. The fraction of sp³-hybridized carbons (Fsp3) is 0.562. The van der Waals surface area contributed by atoms with Gasteiger partial charge in [-0.3, -0.25) is 9.69 Å². The average Bonchev–Trinajstić information content (AvgIpc) is 2.90. The van der Waals surface area contributed by atoms with Gasteiger partial charge in [-0.2, -0.15) is 0 Å². The molecule has 1 saturated heterocycles. The summed E-state index contributed by atoms with van der Waals surface area (Å²) in [5.41, 5.74) is 2.47. The van der Waals surface area contributed by atoms with Gasteiger partial charge in [-0.1, -0.05) is 29.8 Å². The largest absolute Gasteiger partial charge is 0.466 e. The predicted molar refractivity (Wildman–Crippen MR) is 76.0 cm³/mol. The molecule has 1 aliphatic heterocycles. The van der Waals surface area contributed by atoms with Crippen LogP contribution < -0.4 is 0 Å². The van der Waals surface area contributed by atoms with Crippen molar-refractivity contribution in [1.29, 1.82) is 0 Å². The molecule has 1 fully saturated rings. The Balaban J connectivity index is 2.15. The van der Waals surface area contributed by atoms with Crippen LogP contribution in [-0.4, -0.2) is 30.6 Å². The Labute approximate surface area is 115 Å². The van der Waals surface area contributed by atoms with Gasteiger partial charge in [0.05, 0.1) is 13.0 Å². The number of carbonyl (C=O) groups is 1. The van der Waals surface area contributed by atoms with Gasteiger partial charge in [-0.05, 0) is 45.3 Å². The topological polar surface area (TPSA) is 29.5 Å². The van der Waals surface area contributed by atoms with Crippen LogP contribution in [0.5, 0.6) is 0 Å². The number of aryl methyl sites for hydroxylation is 1. The summed E-state index contributed by atoms with van der Waals surface area (Å²) in [5.74, 6) is -0.0964. The van der Waals surface area contributed by atoms with Crippen molar-refractivity contribution in [2.45, 2.75) is 39.2 Å². The summed E-state index contributed by atoms with van der Waals surface area (Å²) in [7, 11) is 0. The molecule has 1 heterocycles. The van der Waals surface area contributed by atoms with Crippen molar-refractivity contribution in [3.05, 3.63) is 35.4 Å². The minimum absolute atomic E-state index is 0.0964. The third-order valence-electron chi connectivity index (χ3n) is 3.67. The maximum Gasteiger partial charge on any atom is 0.307 e. The molecule has 0 bridgehead atoms. The van der Waals surface area contributed by atoms with E-state index in [-0.39, 0.29) is 12.0 Å². The smallest absolute Gasteiger partial charge is 0.307 e. The molecule has 3 nitrogen and oxygen atoms in total. The van der Waals surface area contributed by atoms with E-state index in [0.29, 0.717) is 13.0 Å². The predicted octanol–water partition coefficient (Wildman–Crippen LogP) is 3.09. The zero-order valence-electron chi connectivity index (χ0n) is 11.9. The average molecular weight is 261 g/mol. The molecule has 1 aromatic carbocycles. The number of nitrogens with zero attached hydrogens (tertiary/aromatic N) is 1. The third kappa shape index (κ3) is 3.80. The summed E-state index contributed by atoms with van der Waals surface area (Å²) in [6, 6.07) is 8.63. The second-order valence-corrected chi connectivity index (χ2v) is 5.18. The van der Waals surface area contributed by atoms with Gasteiger partial charge >= 0.3 is 5.97 Å². The second kappa shape index (κ2) is 6.71. The van der Waals surface area contributed by atoms with Gasteiger partial charge in [-0.15, -0.1) is 0 Å². The third-order valence-corrected chi connectivity index (χ3v) is 3.67. The number of hydrogen-bond donors (Lipinski definition) is 0. The van der Waals surface area contributed by atoms with Crippen molar-refractivity contribution < 1.29 is 9.53 Å². The quantitative estimate of drug-likeness (QED) is 0.763. The van der Waals surface area contributed by atoms with Crippen LogP contribution in [0.25, 0.3) is 0 Å². The first-order chi connectivity index (χ1) is 9.20. The highest BCUT2D eigenvalue weighted by molar-refractivity contribution is 5.70. The van der Waals surface area contributed by atoms with Gasteiger partial charge in [0.1, 0.15) is 0 Å². The normalized spacial score (nSPS) is 17.4. The lowest BCUT2D eigenvalue weighted by molar-refractivity contribution is -0.144. The Morgan fingerprint density at radius 2 is 2.11 bits per heavy atom. The highest BCUT2D eigenvalue weighted by Crippen LogP contribution is 2.28. The number of benzene rings is 1. The van der Waals surface area contributed by atoms with Crippen LogP contribution >= 0.6 is 0 Å². The van der Waals surface area contributed by atoms with E-state index >= 15 is 0 Å². The molecule has 1 aliphatic rings. The molecule has 104 valence electrons. The molecule has 0 aromatic heterocycles. The molecule has 1 unspecified atom stereocenters. The molecule has 19 heavy (non-hydrogen) atoms. The van der Waals surface area contributed by atoms with Crippen molar-refractivity contribution in [1.82, 2.24) is 4.90 Å². The highest BCUT2D eigenvalue weighted by atomic mass is 16.5. The number of ether oxygens (including phenoxy) is 1. The fourth-order valence-electron chi connectivity index (χ4n) is 2.77. The van der Waals surface area contributed by atoms with Gasteiger partial charge < -0.3 is 4.74 Å². The molecular weight excluding hydrogens is 238 g/mol. The Morgan fingerprint density at radius 3 is 2.74 bits per heavy atom. The Morgan fingerprint density at radius 1 is 1.37 bits per heavy atom. The molecule has 0 aliphatic carbocycles. The van der Waals surface area contributed by atoms with Gasteiger partial charge in [0.25, 0.3) is 0 Å². The summed E-state index contributed by atoms with van der Waals surface area (Å²) < 4.78 is 5.12. The monoisotopic (exact) mass is 261 g/mol. The number of likely N-dealkylation sites (tertiary alicyclic amines) is 1. The van der Waals surface area contributed by atoms with Gasteiger partial charge in [0.15, 0.2) is 0 Å². The maximum absolute atomic E-state index is 11.8. The first-order valence-electron chi connectivity index (χ1n) is 7.17. The standard InChI is InChI=1S/C16H23NO2/c1-3-19-16(18)12-15(17-9-4-5-10-17)14-8-6-7-13(2)11-14/h6-8,11,15H,3-5,9-10,12H2,1-2H3. The molecule has 3 heteroatoms. The minimum Gasteiger partial charge on any atom is -0.466 e. The summed E-state index contributed by atoms with van der Waals surface area (Å²) >= 11 is 0. The first kappa shape index (κ1) is 14.1. The van der Waals surface area contributed by atoms with E-state index in [4.69, 9.17) is 4.74 Å². The van der Waals surface area contributed by atoms with Crippen LogP contribution in [0.15, 0.2) is 24.3 Å². The van der Waals surface area contributed by atoms with Crippen LogP contribution in [0.3, 0.4) is 0 Å². The lowest BCUT2D eigenvalue weighted by Gasteiger charge is -2.27. The van der Waals surface area contributed by atoms with E-state index < -0.39 is 0 Å². The molecule has 1 aromatic rings. The molecule has 0 amide bonds. The zero-order chi connectivity index (χ0) is 13.7. The lowest BCUT2D eigenvalue weighted by Crippen LogP contribution is -2.28. The maximum atomic E-state index is 11.8. The number of esters is 1. The van der Waals surface area contributed by atoms with E-state index in [0.717, 1.165) is 13.1 Å². The van der Waals surface area contributed by atoms with E-state index in [1.165, 1.54) is 24.0 Å². The molecule has 0 saturated carbocycles. The van der Waals surface area contributed by atoms with Crippen LogP contribution in [0, 0.1) is 6.92 Å². The van der Waals surface area contributed by atoms with Crippen LogP contribution in [0.1, 0.15) is 43.4 Å². The van der Waals surface area contributed by atoms with Crippen LogP contribution in [0.2, 0.25) is 0 Å². The second-order valence-electron chi connectivity index (χ2n) is 5.18. The number of rotatable bonds is 5. The summed E-state index contributed by atoms with van der Waals surface area (Å²) in [6.07, 6.45) is 2.91. The van der Waals surface area contributed by atoms with Crippen molar-refractivity contribution >= 4 is 5.97 Å². The van der Waals surface area contributed by atoms with E-state index in [1.54, 1.807) is 0 Å². The van der Waals surface area contributed by atoms with E-state index in [9.17, 15) is 4.79 Å². The molecule has 0 N–H and O–H groups in total. The summed E-state index contributed by atoms with van der Waals surface area (Å²) in [4.78, 5) is 14.2. The Hall–Kier alpha value is -1.35. The molecule has 1 atom stereocenters. The number of carbonyl (C=O) groups excluding carboxylic acids is 1. The van der Waals surface area contributed by atoms with Crippen molar-refractivity contribution in [2.24, 2.45) is 0 Å². The molecule has 2 rings (SSSR count). The Kier molecular flexibility index (Phi) is 4.97. The molecule has 0 spiro atoms. The van der Waals surface area contributed by atoms with Crippen LogP contribution in [0.4, 0.5) is 0 Å². The molecular formula is C16H23NO2. The molecule has 0 radical (unpaired) electrons. The minimum atomic E-state index is -0.0964. The zero-order valence-corrected chi connectivity index (χ0v) is 11.9. The lowest BCUT2D eigenvalue weighted by atomic mass is 10.0. The Bertz CT molecular complexity index is 425. The van der Waals surface area contributed by atoms with Gasteiger partial charge in [0, 0.05) is 6.04 Å². The SMILES string of the molecule is CCOC(=O)CC(c1cccc(C)c1)N1CCCC1. The van der Waals surface area contributed by atoms with Crippen molar-refractivity contribution in [3.63, 3.8) is 0 Å². The van der Waals surface area contributed by atoms with Crippen molar-refractivity contribution in [2.75, 3.05) is 19.7 Å². The van der Waals surface area contributed by atoms with Crippen molar-refractivity contribution in [3.8, 4) is 0 Å². The number of hydrogen-bond acceptors (Lipinski definition) is 3. The highest BCUT2D eigenvalue weighted by Gasteiger charge is 2.26. The van der Waals surface area contributed by atoms with E-state index in [1.807, 2.05) is 6.92 Å². The van der Waals surface area contributed by atoms with E-state index in [2.05, 4.69) is 36.1 Å². The summed E-state index contributed by atoms with van der Waals surface area (Å²) in [5, 5.41) is 0. The fourth-order valence-corrected chi connectivity index (χ4v) is 2.77. The van der Waals surface area contributed by atoms with Gasteiger partial charge in [0.2, 0.25) is 0 Å². The first-order valence-corrected chi connectivity index (χ1v) is 7.17. The van der Waals surface area contributed by atoms with Gasteiger partial charge in [-0.25, -0.2) is 0 Å².